The number of nitrogens with zero attached hydrogens (tertiary/aromatic N) is 1. The molecule has 3 nitrogen and oxygen atoms in total. The first-order chi connectivity index (χ1) is 7.66. The second-order valence-corrected chi connectivity index (χ2v) is 4.69. The predicted molar refractivity (Wildman–Crippen MR) is 59.6 cm³/mol. The van der Waals surface area contributed by atoms with E-state index in [-0.39, 0.29) is 11.6 Å². The van der Waals surface area contributed by atoms with E-state index in [9.17, 15) is 9.59 Å². The van der Waals surface area contributed by atoms with Crippen molar-refractivity contribution >= 4 is 23.2 Å². The molecule has 1 unspecified atom stereocenters. The van der Waals surface area contributed by atoms with Crippen molar-refractivity contribution in [3.63, 3.8) is 0 Å². The summed E-state index contributed by atoms with van der Waals surface area (Å²) in [4.78, 5) is 25.7. The lowest BCUT2D eigenvalue weighted by Gasteiger charge is -2.28. The van der Waals surface area contributed by atoms with Gasteiger partial charge in [-0.15, -0.1) is 0 Å². The van der Waals surface area contributed by atoms with Crippen LogP contribution in [0.25, 0.3) is 0 Å². The van der Waals surface area contributed by atoms with Gasteiger partial charge in [0.25, 0.3) is 0 Å². The molecule has 4 heteroatoms. The molecule has 2 aliphatic rings. The van der Waals surface area contributed by atoms with Crippen LogP contribution in [-0.4, -0.2) is 29.1 Å². The average molecular weight is 236 g/mol. The number of hydrogen-bond acceptors (Lipinski definition) is 3. The van der Waals surface area contributed by atoms with Crippen LogP contribution in [0.5, 0.6) is 0 Å². The quantitative estimate of drug-likeness (QED) is 0.642. The third kappa shape index (κ3) is 1.32. The topological polar surface area (TPSA) is 37.4 Å². The first-order valence-electron chi connectivity index (χ1n) is 5.26. The Kier molecular flexibility index (Phi) is 2.13. The predicted octanol–water partition coefficient (Wildman–Crippen LogP) is 1.68. The molecule has 16 heavy (non-hydrogen) atoms. The van der Waals surface area contributed by atoms with E-state index in [1.807, 2.05) is 11.0 Å². The van der Waals surface area contributed by atoms with E-state index in [0.29, 0.717) is 30.1 Å². The molecule has 1 aromatic rings. The Balaban J connectivity index is 2.11. The lowest BCUT2D eigenvalue weighted by atomic mass is 9.93. The molecule has 0 N–H and O–H groups in total. The minimum atomic E-state index is -0.550. The number of ketones is 2. The Morgan fingerprint density at radius 1 is 1.31 bits per heavy atom. The van der Waals surface area contributed by atoms with Crippen LogP contribution >= 0.6 is 11.6 Å². The van der Waals surface area contributed by atoms with Crippen LogP contribution in [0.4, 0.5) is 0 Å². The highest BCUT2D eigenvalue weighted by molar-refractivity contribution is 6.31. The summed E-state index contributed by atoms with van der Waals surface area (Å²) in [5.41, 5.74) is 1.59. The molecule has 0 aromatic heterocycles. The molecule has 0 bridgehead atoms. The van der Waals surface area contributed by atoms with Crippen LogP contribution in [0, 0.1) is 0 Å². The van der Waals surface area contributed by atoms with Gasteiger partial charge in [-0.25, -0.2) is 0 Å². The van der Waals surface area contributed by atoms with Gasteiger partial charge < -0.3 is 0 Å². The molecule has 0 radical (unpaired) electrons. The number of carbonyl (C=O) groups is 2. The van der Waals surface area contributed by atoms with Crippen molar-refractivity contribution in [3.05, 3.63) is 34.3 Å². The van der Waals surface area contributed by atoms with Gasteiger partial charge in [-0.3, -0.25) is 14.5 Å². The van der Waals surface area contributed by atoms with Crippen molar-refractivity contribution in [2.75, 3.05) is 6.54 Å². The van der Waals surface area contributed by atoms with Crippen LogP contribution in [0.2, 0.25) is 5.02 Å². The molecular formula is C12H10ClNO2. The Labute approximate surface area is 98.0 Å². The molecule has 0 aliphatic carbocycles. The van der Waals surface area contributed by atoms with E-state index in [0.717, 1.165) is 5.56 Å². The molecule has 1 saturated heterocycles. The van der Waals surface area contributed by atoms with Gasteiger partial charge in [-0.2, -0.15) is 0 Å². The lowest BCUT2D eigenvalue weighted by Crippen LogP contribution is -2.43. The fourth-order valence-electron chi connectivity index (χ4n) is 2.49. The van der Waals surface area contributed by atoms with Gasteiger partial charge in [0.15, 0.2) is 11.6 Å². The van der Waals surface area contributed by atoms with Gasteiger partial charge >= 0.3 is 0 Å². The van der Waals surface area contributed by atoms with E-state index in [1.54, 1.807) is 12.1 Å². The minimum absolute atomic E-state index is 0.0376. The molecule has 2 heterocycles. The second kappa shape index (κ2) is 3.40. The van der Waals surface area contributed by atoms with E-state index in [4.69, 9.17) is 11.6 Å². The second-order valence-electron chi connectivity index (χ2n) is 4.26. The van der Waals surface area contributed by atoms with Crippen molar-refractivity contribution in [3.8, 4) is 0 Å². The largest absolute Gasteiger partial charge is 0.297 e. The summed E-state index contributed by atoms with van der Waals surface area (Å²) < 4.78 is 0. The summed E-state index contributed by atoms with van der Waals surface area (Å²) in [6, 6.07) is 4.77. The van der Waals surface area contributed by atoms with Gasteiger partial charge in [0, 0.05) is 30.1 Å². The number of Topliss-reactive ketones (excluding diaryl/α,β-unsaturated/α-hetero) is 2. The molecule has 82 valence electrons. The third-order valence-corrected chi connectivity index (χ3v) is 3.51. The highest BCUT2D eigenvalue weighted by Gasteiger charge is 2.42. The maximum Gasteiger partial charge on any atom is 0.187 e. The Morgan fingerprint density at radius 3 is 2.94 bits per heavy atom. The van der Waals surface area contributed by atoms with Crippen LogP contribution in [0.1, 0.15) is 22.3 Å². The zero-order valence-corrected chi connectivity index (χ0v) is 9.33. The van der Waals surface area contributed by atoms with Crippen molar-refractivity contribution in [2.24, 2.45) is 0 Å². The normalized spacial score (nSPS) is 24.4. The molecule has 0 amide bonds. The van der Waals surface area contributed by atoms with Crippen molar-refractivity contribution < 1.29 is 9.59 Å². The van der Waals surface area contributed by atoms with Crippen LogP contribution in [-0.2, 0) is 11.3 Å². The van der Waals surface area contributed by atoms with Gasteiger partial charge in [0.2, 0.25) is 0 Å². The van der Waals surface area contributed by atoms with E-state index >= 15 is 0 Å². The van der Waals surface area contributed by atoms with Crippen molar-refractivity contribution in [2.45, 2.75) is 19.0 Å². The summed E-state index contributed by atoms with van der Waals surface area (Å²) in [7, 11) is 0. The van der Waals surface area contributed by atoms with Gasteiger partial charge in [-0.05, 0) is 17.7 Å². The molecule has 3 rings (SSSR count). The fourth-order valence-corrected chi connectivity index (χ4v) is 2.66. The molecule has 1 fully saturated rings. The van der Waals surface area contributed by atoms with Crippen molar-refractivity contribution in [1.29, 1.82) is 0 Å². The number of benzene rings is 1. The van der Waals surface area contributed by atoms with Crippen LogP contribution < -0.4 is 0 Å². The summed E-state index contributed by atoms with van der Waals surface area (Å²) >= 11 is 5.87. The highest BCUT2D eigenvalue weighted by Crippen LogP contribution is 2.29. The number of hydrogen-bond donors (Lipinski definition) is 0. The third-order valence-electron chi connectivity index (χ3n) is 3.27. The van der Waals surface area contributed by atoms with Crippen molar-refractivity contribution in [1.82, 2.24) is 4.90 Å². The first kappa shape index (κ1) is 10.00. The Morgan fingerprint density at radius 2 is 2.12 bits per heavy atom. The summed E-state index contributed by atoms with van der Waals surface area (Å²) in [6.45, 7) is 1.37. The summed E-state index contributed by atoms with van der Waals surface area (Å²) in [5.74, 6) is -0.0538. The molecule has 1 aromatic carbocycles. The van der Waals surface area contributed by atoms with Gasteiger partial charge in [0.1, 0.15) is 6.04 Å². The zero-order chi connectivity index (χ0) is 11.3. The van der Waals surface area contributed by atoms with Crippen LogP contribution in [0.15, 0.2) is 18.2 Å². The molecule has 2 aliphatic heterocycles. The molecule has 0 saturated carbocycles. The fraction of sp³-hybridized carbons (Fsp3) is 0.333. The maximum absolute atomic E-state index is 12.1. The van der Waals surface area contributed by atoms with E-state index in [1.165, 1.54) is 0 Å². The monoisotopic (exact) mass is 235 g/mol. The number of rotatable bonds is 0. The molecule has 1 atom stereocenters. The van der Waals surface area contributed by atoms with Gasteiger partial charge in [0.05, 0.1) is 0 Å². The van der Waals surface area contributed by atoms with Gasteiger partial charge in [-0.1, -0.05) is 17.7 Å². The summed E-state index contributed by atoms with van der Waals surface area (Å²) in [5, 5.41) is 0.547. The first-order valence-corrected chi connectivity index (χ1v) is 5.64. The number of fused-ring (bicyclic) bond motifs is 2. The Bertz CT molecular complexity index is 498. The summed E-state index contributed by atoms with van der Waals surface area (Å²) in [6.07, 6.45) is 0.484. The van der Waals surface area contributed by atoms with E-state index < -0.39 is 6.04 Å². The number of carbonyl (C=O) groups excluding carboxylic acids is 2. The molecule has 0 spiro atoms. The van der Waals surface area contributed by atoms with E-state index in [2.05, 4.69) is 0 Å². The maximum atomic E-state index is 12.1. The van der Waals surface area contributed by atoms with Crippen LogP contribution in [0.3, 0.4) is 0 Å². The smallest absolute Gasteiger partial charge is 0.187 e. The molecular weight excluding hydrogens is 226 g/mol. The number of halogens is 1. The lowest BCUT2D eigenvalue weighted by molar-refractivity contribution is -0.118. The zero-order valence-electron chi connectivity index (χ0n) is 8.57. The highest BCUT2D eigenvalue weighted by atomic mass is 35.5. The standard InChI is InChI=1S/C12H10ClNO2/c13-8-2-1-7-6-14-4-3-10(15)11(14)12(16)9(7)5-8/h1-2,5,11H,3-4,6H2. The minimum Gasteiger partial charge on any atom is -0.297 e. The Hall–Kier alpha value is -1.19. The average Bonchev–Trinajstić information content (AvgIpc) is 2.62. The SMILES string of the molecule is O=C1CCN2Cc3ccc(Cl)cc3C(=O)C12.